The molecule has 1 fully saturated rings. The number of nitrogens with zero attached hydrogens (tertiary/aromatic N) is 1. The van der Waals surface area contributed by atoms with Crippen molar-refractivity contribution in [1.82, 2.24) is 4.90 Å². The van der Waals surface area contributed by atoms with Gasteiger partial charge in [0.05, 0.1) is 25.3 Å². The van der Waals surface area contributed by atoms with Crippen LogP contribution in [0.25, 0.3) is 0 Å². The number of likely N-dealkylation sites (tertiary alicyclic amines) is 1. The molecule has 3 rings (SSSR count). The summed E-state index contributed by atoms with van der Waals surface area (Å²) in [5, 5.41) is 0. The number of amides is 1. The van der Waals surface area contributed by atoms with E-state index >= 15 is 0 Å². The van der Waals surface area contributed by atoms with E-state index < -0.39 is 0 Å². The first-order valence-electron chi connectivity index (χ1n) is 7.82. The van der Waals surface area contributed by atoms with Gasteiger partial charge in [-0.25, -0.2) is 0 Å². The van der Waals surface area contributed by atoms with Gasteiger partial charge in [-0.05, 0) is 49.6 Å². The van der Waals surface area contributed by atoms with Crippen molar-refractivity contribution < 1.29 is 13.9 Å². The van der Waals surface area contributed by atoms with Gasteiger partial charge in [0, 0.05) is 6.54 Å². The van der Waals surface area contributed by atoms with Crippen LogP contribution in [0.4, 0.5) is 0 Å². The minimum Gasteiger partial charge on any atom is -0.494 e. The van der Waals surface area contributed by atoms with E-state index in [0.29, 0.717) is 13.0 Å². The molecule has 0 N–H and O–H groups in total. The standard InChI is InChI=1S/C18H21NO3/c1-2-21-15-9-7-14(8-10-15)13-18(20)19-11-3-5-16(19)17-6-4-12-22-17/h4,6-10,12,16H,2-3,5,11,13H2,1H3/t16-/m0/s1. The van der Waals surface area contributed by atoms with Crippen LogP contribution in [0.1, 0.15) is 37.1 Å². The smallest absolute Gasteiger partial charge is 0.227 e. The van der Waals surface area contributed by atoms with Crippen LogP contribution in [0.5, 0.6) is 5.75 Å². The Kier molecular flexibility index (Phi) is 4.47. The summed E-state index contributed by atoms with van der Waals surface area (Å²) < 4.78 is 10.9. The Balaban J connectivity index is 1.66. The van der Waals surface area contributed by atoms with Crippen LogP contribution in [0.2, 0.25) is 0 Å². The molecule has 1 aliphatic heterocycles. The molecule has 0 radical (unpaired) electrons. The second-order valence-electron chi connectivity index (χ2n) is 5.51. The molecular weight excluding hydrogens is 278 g/mol. The lowest BCUT2D eigenvalue weighted by Crippen LogP contribution is -2.31. The first-order valence-corrected chi connectivity index (χ1v) is 7.82. The van der Waals surface area contributed by atoms with Crippen LogP contribution >= 0.6 is 0 Å². The summed E-state index contributed by atoms with van der Waals surface area (Å²) in [6.07, 6.45) is 4.09. The van der Waals surface area contributed by atoms with E-state index in [1.54, 1.807) is 6.26 Å². The molecule has 1 atom stereocenters. The van der Waals surface area contributed by atoms with Crippen LogP contribution in [-0.4, -0.2) is 24.0 Å². The highest BCUT2D eigenvalue weighted by molar-refractivity contribution is 5.79. The minimum atomic E-state index is 0.0881. The van der Waals surface area contributed by atoms with E-state index in [1.807, 2.05) is 48.2 Å². The minimum absolute atomic E-state index is 0.0881. The number of furan rings is 1. The molecule has 2 heterocycles. The topological polar surface area (TPSA) is 42.7 Å². The van der Waals surface area contributed by atoms with Gasteiger partial charge in [0.1, 0.15) is 11.5 Å². The van der Waals surface area contributed by atoms with Crippen molar-refractivity contribution in [3.05, 3.63) is 54.0 Å². The SMILES string of the molecule is CCOc1ccc(CC(=O)N2CCC[C@H]2c2ccco2)cc1. The second kappa shape index (κ2) is 6.69. The summed E-state index contributed by atoms with van der Waals surface area (Å²) in [5.74, 6) is 1.88. The Hall–Kier alpha value is -2.23. The molecule has 0 unspecified atom stereocenters. The third-order valence-corrected chi connectivity index (χ3v) is 4.03. The molecule has 4 heteroatoms. The summed E-state index contributed by atoms with van der Waals surface area (Å²) in [6, 6.07) is 11.7. The lowest BCUT2D eigenvalue weighted by atomic mass is 10.1. The lowest BCUT2D eigenvalue weighted by molar-refractivity contribution is -0.131. The Morgan fingerprint density at radius 2 is 2.14 bits per heavy atom. The van der Waals surface area contributed by atoms with Gasteiger partial charge >= 0.3 is 0 Å². The van der Waals surface area contributed by atoms with Gasteiger partial charge in [0.15, 0.2) is 0 Å². The van der Waals surface area contributed by atoms with Gasteiger partial charge in [-0.2, -0.15) is 0 Å². The van der Waals surface area contributed by atoms with Crippen LogP contribution in [0.15, 0.2) is 47.1 Å². The van der Waals surface area contributed by atoms with Gasteiger partial charge in [-0.3, -0.25) is 4.79 Å². The van der Waals surface area contributed by atoms with E-state index in [-0.39, 0.29) is 11.9 Å². The number of carbonyl (C=O) groups excluding carboxylic acids is 1. The molecule has 116 valence electrons. The number of hydrogen-bond donors (Lipinski definition) is 0. The molecule has 0 aliphatic carbocycles. The van der Waals surface area contributed by atoms with Crippen LogP contribution in [-0.2, 0) is 11.2 Å². The highest BCUT2D eigenvalue weighted by atomic mass is 16.5. The Morgan fingerprint density at radius 3 is 2.82 bits per heavy atom. The van der Waals surface area contributed by atoms with Gasteiger partial charge in [0.25, 0.3) is 0 Å². The molecular formula is C18H21NO3. The number of rotatable bonds is 5. The van der Waals surface area contributed by atoms with Gasteiger partial charge in [-0.15, -0.1) is 0 Å². The fraction of sp³-hybridized carbons (Fsp3) is 0.389. The van der Waals surface area contributed by atoms with Crippen molar-refractivity contribution in [1.29, 1.82) is 0 Å². The highest BCUT2D eigenvalue weighted by Gasteiger charge is 2.31. The number of hydrogen-bond acceptors (Lipinski definition) is 3. The van der Waals surface area contributed by atoms with Crippen molar-refractivity contribution in [2.45, 2.75) is 32.2 Å². The molecule has 4 nitrogen and oxygen atoms in total. The average molecular weight is 299 g/mol. The predicted octanol–water partition coefficient (Wildman–Crippen LogP) is 3.58. The summed E-state index contributed by atoms with van der Waals surface area (Å²) in [6.45, 7) is 3.41. The zero-order valence-corrected chi connectivity index (χ0v) is 12.8. The highest BCUT2D eigenvalue weighted by Crippen LogP contribution is 2.32. The number of ether oxygens (including phenoxy) is 1. The lowest BCUT2D eigenvalue weighted by Gasteiger charge is -2.23. The summed E-state index contributed by atoms with van der Waals surface area (Å²) in [7, 11) is 0. The van der Waals surface area contributed by atoms with Crippen LogP contribution in [0, 0.1) is 0 Å². The van der Waals surface area contributed by atoms with Crippen molar-refractivity contribution >= 4 is 5.91 Å². The van der Waals surface area contributed by atoms with Crippen LogP contribution < -0.4 is 4.74 Å². The Bertz CT molecular complexity index is 604. The average Bonchev–Trinajstić information content (AvgIpc) is 3.20. The molecule has 0 saturated carbocycles. The van der Waals surface area contributed by atoms with E-state index in [9.17, 15) is 4.79 Å². The summed E-state index contributed by atoms with van der Waals surface area (Å²) >= 11 is 0. The first kappa shape index (κ1) is 14.7. The van der Waals surface area contributed by atoms with Crippen molar-refractivity contribution in [3.63, 3.8) is 0 Å². The normalized spacial score (nSPS) is 17.7. The zero-order chi connectivity index (χ0) is 15.4. The molecule has 22 heavy (non-hydrogen) atoms. The monoisotopic (exact) mass is 299 g/mol. The largest absolute Gasteiger partial charge is 0.494 e. The fourth-order valence-corrected chi connectivity index (χ4v) is 2.99. The molecule has 1 aliphatic rings. The molecule has 0 spiro atoms. The molecule has 1 aromatic heterocycles. The maximum absolute atomic E-state index is 12.6. The number of benzene rings is 1. The number of carbonyl (C=O) groups is 1. The van der Waals surface area contributed by atoms with E-state index in [1.165, 1.54) is 0 Å². The van der Waals surface area contributed by atoms with Crippen LogP contribution in [0.3, 0.4) is 0 Å². The Morgan fingerprint density at radius 1 is 1.32 bits per heavy atom. The summed E-state index contributed by atoms with van der Waals surface area (Å²) in [4.78, 5) is 14.5. The van der Waals surface area contributed by atoms with Gasteiger partial charge < -0.3 is 14.1 Å². The Labute approximate surface area is 130 Å². The molecule has 1 amide bonds. The predicted molar refractivity (Wildman–Crippen MR) is 83.7 cm³/mol. The first-order chi connectivity index (χ1) is 10.8. The zero-order valence-electron chi connectivity index (χ0n) is 12.8. The molecule has 2 aromatic rings. The fourth-order valence-electron chi connectivity index (χ4n) is 2.99. The summed E-state index contributed by atoms with van der Waals surface area (Å²) in [5.41, 5.74) is 1.01. The molecule has 1 aromatic carbocycles. The molecule has 0 bridgehead atoms. The van der Waals surface area contributed by atoms with Gasteiger partial charge in [-0.1, -0.05) is 12.1 Å². The third-order valence-electron chi connectivity index (χ3n) is 4.03. The van der Waals surface area contributed by atoms with E-state index in [4.69, 9.17) is 9.15 Å². The second-order valence-corrected chi connectivity index (χ2v) is 5.51. The van der Waals surface area contributed by atoms with E-state index in [2.05, 4.69) is 0 Å². The maximum Gasteiger partial charge on any atom is 0.227 e. The van der Waals surface area contributed by atoms with Crippen molar-refractivity contribution in [2.24, 2.45) is 0 Å². The molecule has 1 saturated heterocycles. The van der Waals surface area contributed by atoms with Gasteiger partial charge in [0.2, 0.25) is 5.91 Å². The quantitative estimate of drug-likeness (QED) is 0.847. The van der Waals surface area contributed by atoms with Crippen molar-refractivity contribution in [2.75, 3.05) is 13.2 Å². The van der Waals surface area contributed by atoms with E-state index in [0.717, 1.165) is 36.5 Å². The third kappa shape index (κ3) is 3.16. The van der Waals surface area contributed by atoms with Crippen molar-refractivity contribution in [3.8, 4) is 5.75 Å². The maximum atomic E-state index is 12.6.